The summed E-state index contributed by atoms with van der Waals surface area (Å²) >= 11 is 0. The second-order valence-electron chi connectivity index (χ2n) is 6.22. The van der Waals surface area contributed by atoms with Gasteiger partial charge in [-0.3, -0.25) is 0 Å². The van der Waals surface area contributed by atoms with Crippen molar-refractivity contribution in [3.05, 3.63) is 0 Å². The minimum absolute atomic E-state index is 0.206. The molecular weight excluding hydrogens is 240 g/mol. The highest BCUT2D eigenvalue weighted by atomic mass is 16.6. The molecule has 4 nitrogen and oxygen atoms in total. The summed E-state index contributed by atoms with van der Waals surface area (Å²) in [4.78, 5) is 13.7. The summed E-state index contributed by atoms with van der Waals surface area (Å²) in [7, 11) is 0. The number of hydrogen-bond donors (Lipinski definition) is 1. The fourth-order valence-electron chi connectivity index (χ4n) is 2.19. The second kappa shape index (κ2) is 6.81. The lowest BCUT2D eigenvalue weighted by molar-refractivity contribution is 0.0196. The summed E-state index contributed by atoms with van der Waals surface area (Å²) in [6, 6.07) is 0.783. The third kappa shape index (κ3) is 5.98. The molecule has 0 bridgehead atoms. The van der Waals surface area contributed by atoms with E-state index in [4.69, 9.17) is 11.2 Å². The van der Waals surface area contributed by atoms with Crippen molar-refractivity contribution in [3.8, 4) is 12.3 Å². The van der Waals surface area contributed by atoms with Crippen molar-refractivity contribution in [2.75, 3.05) is 13.1 Å². The highest BCUT2D eigenvalue weighted by Crippen LogP contribution is 2.15. The molecule has 108 valence electrons. The van der Waals surface area contributed by atoms with Crippen LogP contribution in [0.2, 0.25) is 0 Å². The molecule has 1 N–H and O–H groups in total. The summed E-state index contributed by atoms with van der Waals surface area (Å²) in [5.41, 5.74) is -0.423. The van der Waals surface area contributed by atoms with E-state index in [1.54, 1.807) is 4.90 Å². The number of hydrogen-bond acceptors (Lipinski definition) is 3. The van der Waals surface area contributed by atoms with Gasteiger partial charge in [0.15, 0.2) is 0 Å². The van der Waals surface area contributed by atoms with Crippen molar-refractivity contribution in [3.63, 3.8) is 0 Å². The van der Waals surface area contributed by atoms with Gasteiger partial charge in [0.25, 0.3) is 0 Å². The molecule has 0 spiro atoms. The van der Waals surface area contributed by atoms with Gasteiger partial charge in [-0.25, -0.2) is 4.79 Å². The van der Waals surface area contributed by atoms with Crippen LogP contribution in [0, 0.1) is 12.3 Å². The number of carbonyl (C=O) groups is 1. The van der Waals surface area contributed by atoms with E-state index < -0.39 is 5.60 Å². The standard InChI is InChI=1S/C15H26N2O2/c1-6-7-12(2)16-13-8-10-17(11-9-13)14(18)19-15(3,4)5/h1,12-13,16H,7-11H2,2-5H3. The number of nitrogens with zero attached hydrogens (tertiary/aromatic N) is 1. The quantitative estimate of drug-likeness (QED) is 0.797. The zero-order chi connectivity index (χ0) is 14.5. The Balaban J connectivity index is 2.33. The molecule has 1 amide bonds. The summed E-state index contributed by atoms with van der Waals surface area (Å²) in [6.45, 7) is 9.26. The van der Waals surface area contributed by atoms with E-state index in [1.165, 1.54) is 0 Å². The number of amides is 1. The van der Waals surface area contributed by atoms with Gasteiger partial charge in [0, 0.05) is 31.6 Å². The Labute approximate surface area is 116 Å². The van der Waals surface area contributed by atoms with Crippen LogP contribution in [0.5, 0.6) is 0 Å². The summed E-state index contributed by atoms with van der Waals surface area (Å²) in [6.07, 6.45) is 7.74. The maximum absolute atomic E-state index is 11.9. The first kappa shape index (κ1) is 15.8. The monoisotopic (exact) mass is 266 g/mol. The smallest absolute Gasteiger partial charge is 0.410 e. The van der Waals surface area contributed by atoms with E-state index in [-0.39, 0.29) is 6.09 Å². The molecular formula is C15H26N2O2. The lowest BCUT2D eigenvalue weighted by Crippen LogP contribution is -2.48. The van der Waals surface area contributed by atoms with Gasteiger partial charge in [-0.15, -0.1) is 12.3 Å². The van der Waals surface area contributed by atoms with Crippen LogP contribution in [0.4, 0.5) is 4.79 Å². The molecule has 0 aromatic carbocycles. The summed E-state index contributed by atoms with van der Waals surface area (Å²) in [5, 5.41) is 3.51. The van der Waals surface area contributed by atoms with Gasteiger partial charge in [-0.1, -0.05) is 0 Å². The van der Waals surface area contributed by atoms with Crippen molar-refractivity contribution >= 4 is 6.09 Å². The molecule has 1 atom stereocenters. The van der Waals surface area contributed by atoms with E-state index >= 15 is 0 Å². The van der Waals surface area contributed by atoms with Crippen LogP contribution < -0.4 is 5.32 Å². The Morgan fingerprint density at radius 2 is 2.05 bits per heavy atom. The van der Waals surface area contributed by atoms with Gasteiger partial charge in [0.2, 0.25) is 0 Å². The van der Waals surface area contributed by atoms with Crippen molar-refractivity contribution in [1.82, 2.24) is 10.2 Å². The van der Waals surface area contributed by atoms with E-state index in [0.29, 0.717) is 12.1 Å². The maximum atomic E-state index is 11.9. The Morgan fingerprint density at radius 3 is 2.53 bits per heavy atom. The van der Waals surface area contributed by atoms with Crippen molar-refractivity contribution in [2.45, 2.75) is 64.6 Å². The molecule has 4 heteroatoms. The molecule has 0 aliphatic carbocycles. The Bertz CT molecular complexity index is 333. The predicted octanol–water partition coefficient (Wildman–Crippen LogP) is 2.39. The maximum Gasteiger partial charge on any atom is 0.410 e. The van der Waals surface area contributed by atoms with Gasteiger partial charge in [0.05, 0.1) is 0 Å². The van der Waals surface area contributed by atoms with Crippen LogP contribution in [0.25, 0.3) is 0 Å². The topological polar surface area (TPSA) is 41.6 Å². The van der Waals surface area contributed by atoms with E-state index in [1.807, 2.05) is 20.8 Å². The highest BCUT2D eigenvalue weighted by molar-refractivity contribution is 5.68. The van der Waals surface area contributed by atoms with E-state index in [0.717, 1.165) is 32.4 Å². The van der Waals surface area contributed by atoms with Crippen LogP contribution >= 0.6 is 0 Å². The van der Waals surface area contributed by atoms with Gasteiger partial charge in [-0.2, -0.15) is 0 Å². The second-order valence-corrected chi connectivity index (χ2v) is 6.22. The molecule has 1 saturated heterocycles. The van der Waals surface area contributed by atoms with Crippen LogP contribution in [-0.2, 0) is 4.74 Å². The number of ether oxygens (including phenoxy) is 1. The molecule has 1 fully saturated rings. The summed E-state index contributed by atoms with van der Waals surface area (Å²) < 4.78 is 5.37. The van der Waals surface area contributed by atoms with E-state index in [9.17, 15) is 4.79 Å². The van der Waals surface area contributed by atoms with Crippen molar-refractivity contribution < 1.29 is 9.53 Å². The van der Waals surface area contributed by atoms with Crippen LogP contribution in [0.15, 0.2) is 0 Å². The van der Waals surface area contributed by atoms with Crippen molar-refractivity contribution in [2.24, 2.45) is 0 Å². The molecule has 0 aromatic rings. The molecule has 1 heterocycles. The third-order valence-electron chi connectivity index (χ3n) is 3.09. The zero-order valence-corrected chi connectivity index (χ0v) is 12.5. The fourth-order valence-corrected chi connectivity index (χ4v) is 2.19. The molecule has 1 aliphatic heterocycles. The largest absolute Gasteiger partial charge is 0.444 e. The Kier molecular flexibility index (Phi) is 5.68. The number of piperidine rings is 1. The van der Waals surface area contributed by atoms with E-state index in [2.05, 4.69) is 18.2 Å². The van der Waals surface area contributed by atoms with Gasteiger partial charge >= 0.3 is 6.09 Å². The average Bonchev–Trinajstić information content (AvgIpc) is 2.27. The third-order valence-corrected chi connectivity index (χ3v) is 3.09. The normalized spacial score (nSPS) is 18.8. The number of carbonyl (C=O) groups excluding carboxylic acids is 1. The fraction of sp³-hybridized carbons (Fsp3) is 0.800. The highest BCUT2D eigenvalue weighted by Gasteiger charge is 2.27. The minimum atomic E-state index is -0.423. The minimum Gasteiger partial charge on any atom is -0.444 e. The number of nitrogens with one attached hydrogen (secondary N) is 1. The molecule has 19 heavy (non-hydrogen) atoms. The predicted molar refractivity (Wildman–Crippen MR) is 76.9 cm³/mol. The first-order valence-corrected chi connectivity index (χ1v) is 6.99. The molecule has 0 aromatic heterocycles. The Morgan fingerprint density at radius 1 is 1.47 bits per heavy atom. The number of likely N-dealkylation sites (tertiary alicyclic amines) is 1. The summed E-state index contributed by atoms with van der Waals surface area (Å²) in [5.74, 6) is 2.66. The van der Waals surface area contributed by atoms with Crippen LogP contribution in [0.1, 0.15) is 47.0 Å². The average molecular weight is 266 g/mol. The SMILES string of the molecule is C#CCC(C)NC1CCN(C(=O)OC(C)(C)C)CC1. The molecule has 1 aliphatic rings. The van der Waals surface area contributed by atoms with Gasteiger partial charge in [0.1, 0.15) is 5.60 Å². The lowest BCUT2D eigenvalue weighted by atomic mass is 10.0. The first-order valence-electron chi connectivity index (χ1n) is 6.99. The molecule has 1 unspecified atom stereocenters. The van der Waals surface area contributed by atoms with Gasteiger partial charge < -0.3 is 15.0 Å². The van der Waals surface area contributed by atoms with Crippen LogP contribution in [-0.4, -0.2) is 41.8 Å². The first-order chi connectivity index (χ1) is 8.81. The molecule has 0 saturated carbocycles. The van der Waals surface area contributed by atoms with Crippen LogP contribution in [0.3, 0.4) is 0 Å². The molecule has 0 radical (unpaired) electrons. The number of terminal acetylenes is 1. The number of rotatable bonds is 3. The van der Waals surface area contributed by atoms with Crippen molar-refractivity contribution in [1.29, 1.82) is 0 Å². The molecule has 1 rings (SSSR count). The Hall–Kier alpha value is -1.21. The van der Waals surface area contributed by atoms with Gasteiger partial charge in [-0.05, 0) is 40.5 Å². The lowest BCUT2D eigenvalue weighted by Gasteiger charge is -2.34. The zero-order valence-electron chi connectivity index (χ0n) is 12.5.